The van der Waals surface area contributed by atoms with Gasteiger partial charge in [-0.25, -0.2) is 4.39 Å². The van der Waals surface area contributed by atoms with Gasteiger partial charge in [-0.05, 0) is 44.0 Å². The highest BCUT2D eigenvalue weighted by Gasteiger charge is 2.53. The molecule has 2 aromatic carbocycles. The lowest BCUT2D eigenvalue weighted by Gasteiger charge is -2.49. The number of aliphatic hydroxyl groups is 8. The molecule has 5 rings (SSSR count). The number of hydrogen-bond donors (Lipinski definition) is 9. The molecule has 3 fully saturated rings. The number of aliphatic hydroxyl groups excluding tert-OH is 8. The zero-order chi connectivity index (χ0) is 46.0. The van der Waals surface area contributed by atoms with Crippen LogP contribution in [0.15, 0.2) is 54.6 Å². The quantitative estimate of drug-likeness (QED) is 0.0733. The lowest BCUT2D eigenvalue weighted by Crippen LogP contribution is -2.67. The summed E-state index contributed by atoms with van der Waals surface area (Å²) in [5.41, 5.74) is 0.274. The lowest BCUT2D eigenvalue weighted by atomic mass is 9.80. The first-order valence-electron chi connectivity index (χ1n) is 21.0. The molecule has 20 heteroatoms. The van der Waals surface area contributed by atoms with Gasteiger partial charge in [0.15, 0.2) is 29.9 Å². The molecule has 3 saturated heterocycles. The molecule has 0 radical (unpaired) electrons. The van der Waals surface area contributed by atoms with Crippen LogP contribution in [-0.2, 0) is 38.0 Å². The Morgan fingerprint density at radius 1 is 0.921 bits per heavy atom. The number of rotatable bonds is 21. The molecule has 3 heterocycles. The normalized spacial score (nSPS) is 34.4. The van der Waals surface area contributed by atoms with E-state index in [-0.39, 0.29) is 31.4 Å². The molecule has 63 heavy (non-hydrogen) atoms. The van der Waals surface area contributed by atoms with Gasteiger partial charge in [-0.1, -0.05) is 37.3 Å². The summed E-state index contributed by atoms with van der Waals surface area (Å²) in [5.74, 6) is -3.99. The summed E-state index contributed by atoms with van der Waals surface area (Å²) >= 11 is 0. The van der Waals surface area contributed by atoms with E-state index in [0.29, 0.717) is 17.9 Å². The summed E-state index contributed by atoms with van der Waals surface area (Å²) < 4.78 is 54.5. The number of carbonyl (C=O) groups excluding carboxylic acids is 3. The Balaban J connectivity index is 1.26. The second-order valence-corrected chi connectivity index (χ2v) is 16.2. The summed E-state index contributed by atoms with van der Waals surface area (Å²) in [4.78, 5) is 37.5. The number of para-hydroxylation sites is 1. The Labute approximate surface area is 363 Å². The van der Waals surface area contributed by atoms with Crippen LogP contribution in [0, 0.1) is 5.92 Å². The molecule has 9 N–H and O–H groups in total. The van der Waals surface area contributed by atoms with Crippen molar-refractivity contribution < 1.29 is 92.8 Å². The monoisotopic (exact) mass is 897 g/mol. The van der Waals surface area contributed by atoms with Crippen LogP contribution in [0.5, 0.6) is 11.5 Å². The van der Waals surface area contributed by atoms with E-state index in [9.17, 15) is 59.6 Å². The van der Waals surface area contributed by atoms with E-state index < -0.39 is 141 Å². The maximum Gasteiger partial charge on any atom is 0.217 e. The van der Waals surface area contributed by atoms with Gasteiger partial charge in [0.05, 0.1) is 31.5 Å². The molecule has 2 aromatic rings. The Hall–Kier alpha value is -3.58. The number of ketones is 2. The number of amides is 1. The average molecular weight is 898 g/mol. The van der Waals surface area contributed by atoms with Crippen LogP contribution < -0.4 is 10.1 Å². The third-order valence-electron chi connectivity index (χ3n) is 11.2. The highest BCUT2D eigenvalue weighted by Crippen LogP contribution is 2.39. The topological polar surface area (TPSA) is 290 Å². The number of Topliss-reactive ketones (excluding diaryl/α,β-unsaturated/α-hetero) is 2. The summed E-state index contributed by atoms with van der Waals surface area (Å²) in [5, 5.41) is 90.6. The van der Waals surface area contributed by atoms with Crippen molar-refractivity contribution in [3.05, 3.63) is 60.2 Å². The number of alkyl halides is 1. The first-order chi connectivity index (χ1) is 30.0. The van der Waals surface area contributed by atoms with Crippen LogP contribution in [0.3, 0.4) is 0 Å². The highest BCUT2D eigenvalue weighted by atomic mass is 19.1. The van der Waals surface area contributed by atoms with Gasteiger partial charge in [0.1, 0.15) is 73.0 Å². The fourth-order valence-corrected chi connectivity index (χ4v) is 7.91. The van der Waals surface area contributed by atoms with Crippen molar-refractivity contribution in [1.29, 1.82) is 0 Å². The van der Waals surface area contributed by atoms with Crippen LogP contribution in [0.2, 0.25) is 0 Å². The zero-order valence-electron chi connectivity index (χ0n) is 35.3. The number of ether oxygens (including phenoxy) is 7. The SMILES string of the molecule is CCCO[C@@H]1OC(CO)[C@@H](O[C@@H]2OC(CO[C@]3(C)C[C@@H](O)[C@@H](CC(=O)CF)C([C@H](O)[C@H](O)CCC(=O)c4cccc(Oc5ccccc5)c4)O3)[C@H](O)[C@H](O)C2O)[C@H](O)C1NC(C)=O. The number of nitrogens with one attached hydrogen (secondary N) is 1. The second kappa shape index (κ2) is 23.0. The molecular weight excluding hydrogens is 837 g/mol. The molecule has 0 aromatic heterocycles. The highest BCUT2D eigenvalue weighted by molar-refractivity contribution is 5.96. The van der Waals surface area contributed by atoms with Crippen molar-refractivity contribution in [3.63, 3.8) is 0 Å². The van der Waals surface area contributed by atoms with E-state index >= 15 is 0 Å². The molecule has 0 spiro atoms. The van der Waals surface area contributed by atoms with Gasteiger partial charge in [0.2, 0.25) is 5.91 Å². The van der Waals surface area contributed by atoms with Gasteiger partial charge < -0.3 is 79.3 Å². The molecule has 1 amide bonds. The van der Waals surface area contributed by atoms with Crippen molar-refractivity contribution in [2.24, 2.45) is 5.92 Å². The molecule has 16 atom stereocenters. The molecule has 0 aliphatic carbocycles. The minimum atomic E-state index is -1.92. The largest absolute Gasteiger partial charge is 0.457 e. The lowest BCUT2D eigenvalue weighted by molar-refractivity contribution is -0.363. The van der Waals surface area contributed by atoms with Crippen molar-refractivity contribution >= 4 is 17.5 Å². The van der Waals surface area contributed by atoms with Crippen LogP contribution in [0.1, 0.15) is 63.2 Å². The molecule has 352 valence electrons. The van der Waals surface area contributed by atoms with E-state index in [0.717, 1.165) is 0 Å². The van der Waals surface area contributed by atoms with Crippen LogP contribution in [-0.4, -0.2) is 176 Å². The van der Waals surface area contributed by atoms with Crippen LogP contribution >= 0.6 is 0 Å². The van der Waals surface area contributed by atoms with Gasteiger partial charge >= 0.3 is 0 Å². The van der Waals surface area contributed by atoms with Crippen molar-refractivity contribution in [3.8, 4) is 11.5 Å². The molecule has 0 saturated carbocycles. The standard InChI is InChI=1S/C43H60FNO18/c1-4-15-57-41-33(45-22(2)47)36(54)40(31(20-46)60-41)62-42-38(56)37(55)35(53)32(61-42)21-58-43(3)18-30(51)27(17-24(48)19-44)39(63-43)34(52)29(50)14-13-28(49)23-9-8-12-26(16-23)59-25-10-6-5-7-11-25/h5-12,16,27,29-42,46,50-56H,4,13-15,17-21H2,1-3H3,(H,45,47)/t27-,29-,30-,31?,32?,33?,34-,35+,36-,37+,38?,39?,40-,41-,42+,43+/m1/s1. The smallest absolute Gasteiger partial charge is 0.217 e. The predicted octanol–water partition coefficient (Wildman–Crippen LogP) is -0.207. The fourth-order valence-electron chi connectivity index (χ4n) is 7.91. The molecule has 5 unspecified atom stereocenters. The van der Waals surface area contributed by atoms with Gasteiger partial charge in [-0.2, -0.15) is 0 Å². The van der Waals surface area contributed by atoms with Crippen molar-refractivity contribution in [1.82, 2.24) is 5.32 Å². The van der Waals surface area contributed by atoms with E-state index in [1.807, 2.05) is 13.0 Å². The van der Waals surface area contributed by atoms with Gasteiger partial charge in [0.25, 0.3) is 0 Å². The average Bonchev–Trinajstić information content (AvgIpc) is 3.26. The summed E-state index contributed by atoms with van der Waals surface area (Å²) in [6, 6.07) is 14.1. The van der Waals surface area contributed by atoms with Crippen molar-refractivity contribution in [2.75, 3.05) is 26.5 Å². The molecule has 3 aliphatic rings. The second-order valence-electron chi connectivity index (χ2n) is 16.2. The van der Waals surface area contributed by atoms with Gasteiger partial charge in [-0.15, -0.1) is 0 Å². The van der Waals surface area contributed by atoms with E-state index in [2.05, 4.69) is 5.32 Å². The maximum absolute atomic E-state index is 13.4. The van der Waals surface area contributed by atoms with Crippen LogP contribution in [0.25, 0.3) is 0 Å². The molecule has 0 bridgehead atoms. The third-order valence-corrected chi connectivity index (χ3v) is 11.2. The maximum atomic E-state index is 13.4. The number of halogens is 1. The first kappa shape index (κ1) is 50.4. The Bertz CT molecular complexity index is 1780. The molecular formula is C43H60FNO18. The fraction of sp³-hybridized carbons (Fsp3) is 0.651. The number of carbonyl (C=O) groups is 3. The predicted molar refractivity (Wildman–Crippen MR) is 215 cm³/mol. The van der Waals surface area contributed by atoms with Crippen LogP contribution in [0.4, 0.5) is 4.39 Å². The molecule has 19 nitrogen and oxygen atoms in total. The summed E-state index contributed by atoms with van der Waals surface area (Å²) in [6.45, 7) is 1.84. The van der Waals surface area contributed by atoms with E-state index in [4.69, 9.17) is 33.2 Å². The van der Waals surface area contributed by atoms with Gasteiger partial charge in [-0.3, -0.25) is 14.4 Å². The Morgan fingerprint density at radius 3 is 2.29 bits per heavy atom. The van der Waals surface area contributed by atoms with E-state index in [1.165, 1.54) is 19.9 Å². The Kier molecular flexibility index (Phi) is 18.4. The summed E-state index contributed by atoms with van der Waals surface area (Å²) in [7, 11) is 0. The third kappa shape index (κ3) is 13.0. The summed E-state index contributed by atoms with van der Waals surface area (Å²) in [6.07, 6.45) is -22.0. The van der Waals surface area contributed by atoms with E-state index in [1.54, 1.807) is 42.5 Å². The number of benzene rings is 2. The van der Waals surface area contributed by atoms with Gasteiger partial charge in [0, 0.05) is 44.3 Å². The molecule has 3 aliphatic heterocycles. The Morgan fingerprint density at radius 2 is 1.62 bits per heavy atom. The minimum absolute atomic E-state index is 0.187. The number of hydrogen-bond acceptors (Lipinski definition) is 18. The zero-order valence-corrected chi connectivity index (χ0v) is 35.3. The minimum Gasteiger partial charge on any atom is -0.457 e. The first-order valence-corrected chi connectivity index (χ1v) is 21.0. The van der Waals surface area contributed by atoms with Crippen molar-refractivity contribution in [2.45, 2.75) is 144 Å².